The zero-order valence-electron chi connectivity index (χ0n) is 9.67. The Labute approximate surface area is 103 Å². The van der Waals surface area contributed by atoms with E-state index in [1.807, 2.05) is 0 Å². The molecular weight excluding hydrogens is 247 g/mol. The minimum Gasteiger partial charge on any atom is -0.406 e. The number of halogens is 3. The van der Waals surface area contributed by atoms with Crippen LogP contribution in [0.1, 0.15) is 18.0 Å². The molecule has 0 amide bonds. The van der Waals surface area contributed by atoms with Crippen molar-refractivity contribution >= 4 is 0 Å². The fraction of sp³-hybridized carbons (Fsp3) is 0.500. The van der Waals surface area contributed by atoms with Crippen LogP contribution in [-0.4, -0.2) is 26.1 Å². The van der Waals surface area contributed by atoms with Crippen molar-refractivity contribution in [2.75, 3.05) is 19.8 Å². The SMILES string of the molecule is FC(F)(F)Oc1ccc([C@H]2COCCCN2)cc1. The number of hydrogen-bond acceptors (Lipinski definition) is 3. The van der Waals surface area contributed by atoms with Crippen LogP contribution in [0.5, 0.6) is 5.75 Å². The van der Waals surface area contributed by atoms with Gasteiger partial charge in [-0.1, -0.05) is 12.1 Å². The van der Waals surface area contributed by atoms with Gasteiger partial charge in [0.15, 0.2) is 0 Å². The average molecular weight is 261 g/mol. The predicted molar refractivity (Wildman–Crippen MR) is 59.3 cm³/mol. The first-order valence-corrected chi connectivity index (χ1v) is 5.71. The van der Waals surface area contributed by atoms with Crippen molar-refractivity contribution in [2.24, 2.45) is 0 Å². The van der Waals surface area contributed by atoms with E-state index in [2.05, 4.69) is 10.1 Å². The molecule has 18 heavy (non-hydrogen) atoms. The molecule has 0 radical (unpaired) electrons. The maximum atomic E-state index is 12.0. The Morgan fingerprint density at radius 1 is 1.22 bits per heavy atom. The van der Waals surface area contributed by atoms with E-state index in [1.165, 1.54) is 12.1 Å². The van der Waals surface area contributed by atoms with Gasteiger partial charge in [0.1, 0.15) is 5.75 Å². The van der Waals surface area contributed by atoms with Gasteiger partial charge < -0.3 is 14.8 Å². The highest BCUT2D eigenvalue weighted by Crippen LogP contribution is 2.24. The molecule has 0 bridgehead atoms. The second-order valence-electron chi connectivity index (χ2n) is 4.05. The van der Waals surface area contributed by atoms with E-state index in [0.29, 0.717) is 13.2 Å². The predicted octanol–water partition coefficient (Wildman–Crippen LogP) is 2.64. The first-order chi connectivity index (χ1) is 8.54. The summed E-state index contributed by atoms with van der Waals surface area (Å²) in [5.74, 6) is -0.208. The number of benzene rings is 1. The molecule has 100 valence electrons. The first-order valence-electron chi connectivity index (χ1n) is 5.71. The van der Waals surface area contributed by atoms with E-state index in [0.717, 1.165) is 18.5 Å². The Kier molecular flexibility index (Phi) is 4.08. The van der Waals surface area contributed by atoms with Gasteiger partial charge in [0.05, 0.1) is 12.6 Å². The molecule has 1 heterocycles. The Bertz CT molecular complexity index is 370. The van der Waals surface area contributed by atoms with Crippen molar-refractivity contribution in [1.82, 2.24) is 5.32 Å². The fourth-order valence-electron chi connectivity index (χ4n) is 1.83. The lowest BCUT2D eigenvalue weighted by Gasteiger charge is -2.16. The van der Waals surface area contributed by atoms with Crippen LogP contribution in [0.25, 0.3) is 0 Å². The van der Waals surface area contributed by atoms with Crippen molar-refractivity contribution in [3.8, 4) is 5.75 Å². The van der Waals surface area contributed by atoms with Crippen molar-refractivity contribution < 1.29 is 22.6 Å². The van der Waals surface area contributed by atoms with Gasteiger partial charge in [-0.2, -0.15) is 0 Å². The average Bonchev–Trinajstić information content (AvgIpc) is 2.56. The Balaban J connectivity index is 2.02. The van der Waals surface area contributed by atoms with E-state index in [9.17, 15) is 13.2 Å². The third-order valence-corrected chi connectivity index (χ3v) is 2.66. The quantitative estimate of drug-likeness (QED) is 0.887. The molecule has 1 saturated heterocycles. The van der Waals surface area contributed by atoms with Crippen LogP contribution >= 0.6 is 0 Å². The van der Waals surface area contributed by atoms with Gasteiger partial charge in [0.2, 0.25) is 0 Å². The molecule has 1 fully saturated rings. The topological polar surface area (TPSA) is 30.5 Å². The highest BCUT2D eigenvalue weighted by molar-refractivity contribution is 5.29. The summed E-state index contributed by atoms with van der Waals surface area (Å²) in [6.45, 7) is 2.07. The van der Waals surface area contributed by atoms with Crippen LogP contribution in [0.3, 0.4) is 0 Å². The van der Waals surface area contributed by atoms with E-state index < -0.39 is 6.36 Å². The van der Waals surface area contributed by atoms with Gasteiger partial charge in [0.25, 0.3) is 0 Å². The first kappa shape index (κ1) is 13.2. The maximum absolute atomic E-state index is 12.0. The summed E-state index contributed by atoms with van der Waals surface area (Å²) in [5.41, 5.74) is 0.895. The minimum absolute atomic E-state index is 0.0208. The molecular formula is C12H14F3NO2. The second-order valence-corrected chi connectivity index (χ2v) is 4.05. The maximum Gasteiger partial charge on any atom is 0.573 e. The van der Waals surface area contributed by atoms with Gasteiger partial charge in [-0.05, 0) is 30.7 Å². The molecule has 1 aromatic carbocycles. The highest BCUT2D eigenvalue weighted by atomic mass is 19.4. The summed E-state index contributed by atoms with van der Waals surface area (Å²) in [6, 6.07) is 5.89. The van der Waals surface area contributed by atoms with Crippen LogP contribution in [0.2, 0.25) is 0 Å². The zero-order valence-corrected chi connectivity index (χ0v) is 9.67. The highest BCUT2D eigenvalue weighted by Gasteiger charge is 2.31. The smallest absolute Gasteiger partial charge is 0.406 e. The molecule has 1 aromatic rings. The largest absolute Gasteiger partial charge is 0.573 e. The van der Waals surface area contributed by atoms with Crippen molar-refractivity contribution in [2.45, 2.75) is 18.8 Å². The molecule has 0 unspecified atom stereocenters. The normalized spacial score (nSPS) is 21.4. The van der Waals surface area contributed by atoms with Crippen molar-refractivity contribution in [3.05, 3.63) is 29.8 Å². The van der Waals surface area contributed by atoms with Gasteiger partial charge in [0, 0.05) is 6.61 Å². The summed E-state index contributed by atoms with van der Waals surface area (Å²) >= 11 is 0. The number of alkyl halides is 3. The van der Waals surface area contributed by atoms with E-state index in [1.54, 1.807) is 12.1 Å². The molecule has 1 atom stereocenters. The lowest BCUT2D eigenvalue weighted by molar-refractivity contribution is -0.274. The van der Waals surface area contributed by atoms with Crippen molar-refractivity contribution in [3.63, 3.8) is 0 Å². The monoisotopic (exact) mass is 261 g/mol. The van der Waals surface area contributed by atoms with E-state index in [4.69, 9.17) is 4.74 Å². The zero-order chi connectivity index (χ0) is 13.0. The van der Waals surface area contributed by atoms with Crippen LogP contribution in [0.4, 0.5) is 13.2 Å². The Hall–Kier alpha value is -1.27. The molecule has 1 aliphatic rings. The molecule has 1 N–H and O–H groups in total. The van der Waals surface area contributed by atoms with Crippen LogP contribution in [0.15, 0.2) is 24.3 Å². The van der Waals surface area contributed by atoms with E-state index >= 15 is 0 Å². The van der Waals surface area contributed by atoms with Gasteiger partial charge in [-0.3, -0.25) is 0 Å². The summed E-state index contributed by atoms with van der Waals surface area (Å²) in [6.07, 6.45) is -3.71. The molecule has 0 spiro atoms. The van der Waals surface area contributed by atoms with Crippen LogP contribution in [0, 0.1) is 0 Å². The molecule has 1 aliphatic heterocycles. The fourth-order valence-corrected chi connectivity index (χ4v) is 1.83. The molecule has 6 heteroatoms. The standard InChI is InChI=1S/C12H14F3NO2/c13-12(14,15)18-10-4-2-9(3-5-10)11-8-17-7-1-6-16-11/h2-5,11,16H,1,6-8H2/t11-/m1/s1. The molecule has 0 saturated carbocycles. The lowest BCUT2D eigenvalue weighted by atomic mass is 10.1. The van der Waals surface area contributed by atoms with Gasteiger partial charge in [-0.15, -0.1) is 13.2 Å². The summed E-state index contributed by atoms with van der Waals surface area (Å²) in [4.78, 5) is 0. The van der Waals surface area contributed by atoms with Crippen LogP contribution < -0.4 is 10.1 Å². The van der Waals surface area contributed by atoms with Crippen molar-refractivity contribution in [1.29, 1.82) is 0 Å². The molecule has 0 aliphatic carbocycles. The van der Waals surface area contributed by atoms with E-state index in [-0.39, 0.29) is 11.8 Å². The Morgan fingerprint density at radius 3 is 2.61 bits per heavy atom. The molecule has 0 aromatic heterocycles. The third kappa shape index (κ3) is 3.89. The number of ether oxygens (including phenoxy) is 2. The molecule has 3 nitrogen and oxygen atoms in total. The summed E-state index contributed by atoms with van der Waals surface area (Å²) in [7, 11) is 0. The van der Waals surface area contributed by atoms with Gasteiger partial charge in [-0.25, -0.2) is 0 Å². The Morgan fingerprint density at radius 2 is 1.94 bits per heavy atom. The number of nitrogens with one attached hydrogen (secondary N) is 1. The third-order valence-electron chi connectivity index (χ3n) is 2.66. The molecule has 2 rings (SSSR count). The lowest BCUT2D eigenvalue weighted by Crippen LogP contribution is -2.23. The minimum atomic E-state index is -4.65. The summed E-state index contributed by atoms with van der Waals surface area (Å²) < 4.78 is 45.2. The summed E-state index contributed by atoms with van der Waals surface area (Å²) in [5, 5.41) is 3.28. The number of hydrogen-bond donors (Lipinski definition) is 1. The van der Waals surface area contributed by atoms with Gasteiger partial charge >= 0.3 is 6.36 Å². The second kappa shape index (κ2) is 5.58. The number of rotatable bonds is 2. The van der Waals surface area contributed by atoms with Crippen LogP contribution in [-0.2, 0) is 4.74 Å².